The largest absolute Gasteiger partial charge is 0.465 e. The number of anilines is 1. The van der Waals surface area contributed by atoms with Crippen molar-refractivity contribution < 1.29 is 28.2 Å². The van der Waals surface area contributed by atoms with Crippen LogP contribution in [0.15, 0.2) is 42.7 Å². The molecule has 0 bridgehead atoms. The summed E-state index contributed by atoms with van der Waals surface area (Å²) in [5, 5.41) is 14.3. The van der Waals surface area contributed by atoms with Crippen LogP contribution in [-0.4, -0.2) is 50.9 Å². The number of hydrogen-bond acceptors (Lipinski definition) is 4. The maximum Gasteiger partial charge on any atom is 0.407 e. The summed E-state index contributed by atoms with van der Waals surface area (Å²) in [7, 11) is 0. The number of halogens is 2. The van der Waals surface area contributed by atoms with Crippen LogP contribution in [0.1, 0.15) is 59.4 Å². The van der Waals surface area contributed by atoms with Crippen LogP contribution in [0.25, 0.3) is 11.1 Å². The summed E-state index contributed by atoms with van der Waals surface area (Å²) in [6.45, 7) is 10.8. The van der Waals surface area contributed by atoms with Crippen molar-refractivity contribution in [3.8, 4) is 22.6 Å². The van der Waals surface area contributed by atoms with Gasteiger partial charge in [-0.25, -0.2) is 13.6 Å². The molecule has 10 heteroatoms. The molecule has 5 rings (SSSR count). The lowest BCUT2D eigenvalue weighted by Crippen LogP contribution is -2.54. The third kappa shape index (κ3) is 5.04. The molecule has 2 aromatic carbocycles. The van der Waals surface area contributed by atoms with E-state index in [0.717, 1.165) is 35.4 Å². The minimum atomic E-state index is -1.01. The highest BCUT2D eigenvalue weighted by atomic mass is 19.2. The van der Waals surface area contributed by atoms with Crippen molar-refractivity contribution in [3.63, 3.8) is 0 Å². The molecule has 1 aromatic heterocycles. The summed E-state index contributed by atoms with van der Waals surface area (Å²) < 4.78 is 36.1. The number of nitrogens with zero attached hydrogens (tertiary/aromatic N) is 4. The molecule has 3 aromatic rings. The van der Waals surface area contributed by atoms with E-state index in [9.17, 15) is 23.5 Å². The lowest BCUT2D eigenvalue weighted by molar-refractivity contribution is -0.117. The summed E-state index contributed by atoms with van der Waals surface area (Å²) in [6, 6.07) is 7.21. The van der Waals surface area contributed by atoms with Gasteiger partial charge in [-0.2, -0.15) is 5.10 Å². The Morgan fingerprint density at radius 3 is 2.41 bits per heavy atom. The van der Waals surface area contributed by atoms with Gasteiger partial charge < -0.3 is 19.6 Å². The number of aromatic nitrogens is 2. The first kappa shape index (κ1) is 28.6. The summed E-state index contributed by atoms with van der Waals surface area (Å²) >= 11 is 0. The minimum Gasteiger partial charge on any atom is -0.465 e. The van der Waals surface area contributed by atoms with E-state index in [1.807, 2.05) is 29.9 Å². The SMILES string of the molecule is CC(=O)N1c2ccc(-c3cnn(C4(C(C)(C)C)CCN(C(=O)O)CC4)c3)c(Oc3ccc(F)c(F)c3)c2CC[C@@H]1C. The number of piperidine rings is 1. The highest BCUT2D eigenvalue weighted by molar-refractivity contribution is 5.95. The van der Waals surface area contributed by atoms with E-state index in [2.05, 4.69) is 20.8 Å². The van der Waals surface area contributed by atoms with Crippen LogP contribution in [0.2, 0.25) is 0 Å². The molecule has 1 atom stereocenters. The number of amides is 2. The maximum atomic E-state index is 14.1. The van der Waals surface area contributed by atoms with Crippen LogP contribution in [-0.2, 0) is 16.8 Å². The molecule has 0 aliphatic carbocycles. The summed E-state index contributed by atoms with van der Waals surface area (Å²) in [5.41, 5.74) is 2.38. The number of benzene rings is 2. The molecule has 41 heavy (non-hydrogen) atoms. The maximum absolute atomic E-state index is 14.1. The van der Waals surface area contributed by atoms with Crippen molar-refractivity contribution in [2.24, 2.45) is 5.41 Å². The van der Waals surface area contributed by atoms with Gasteiger partial charge in [-0.3, -0.25) is 9.48 Å². The molecule has 0 spiro atoms. The Kier molecular flexibility index (Phi) is 7.29. The average Bonchev–Trinajstić information content (AvgIpc) is 3.40. The number of carboxylic acid groups (broad SMARTS) is 1. The van der Waals surface area contributed by atoms with E-state index >= 15 is 0 Å². The fourth-order valence-corrected chi connectivity index (χ4v) is 6.37. The molecule has 0 radical (unpaired) electrons. The van der Waals surface area contributed by atoms with Gasteiger partial charge in [0.2, 0.25) is 5.91 Å². The first-order valence-electron chi connectivity index (χ1n) is 13.9. The summed E-state index contributed by atoms with van der Waals surface area (Å²) in [4.78, 5) is 27.4. The topological polar surface area (TPSA) is 87.9 Å². The molecule has 3 heterocycles. The predicted octanol–water partition coefficient (Wildman–Crippen LogP) is 6.82. The molecule has 2 amide bonds. The number of fused-ring (bicyclic) bond motifs is 1. The van der Waals surface area contributed by atoms with Gasteiger partial charge in [0, 0.05) is 55.0 Å². The first-order chi connectivity index (χ1) is 19.3. The molecular weight excluding hydrogens is 530 g/mol. The van der Waals surface area contributed by atoms with Gasteiger partial charge in [0.05, 0.1) is 17.4 Å². The zero-order valence-electron chi connectivity index (χ0n) is 24.1. The number of likely N-dealkylation sites (tertiary alicyclic amines) is 1. The van der Waals surface area contributed by atoms with Gasteiger partial charge in [0.25, 0.3) is 0 Å². The smallest absolute Gasteiger partial charge is 0.407 e. The number of ether oxygens (including phenoxy) is 1. The van der Waals surface area contributed by atoms with Crippen molar-refractivity contribution in [1.82, 2.24) is 14.7 Å². The second-order valence-corrected chi connectivity index (χ2v) is 12.1. The number of carbonyl (C=O) groups is 2. The fraction of sp³-hybridized carbons (Fsp3) is 0.452. The van der Waals surface area contributed by atoms with Crippen molar-refractivity contribution >= 4 is 17.7 Å². The lowest BCUT2D eigenvalue weighted by Gasteiger charge is -2.49. The molecule has 0 unspecified atom stereocenters. The molecule has 2 aliphatic heterocycles. The molecule has 1 fully saturated rings. The first-order valence-corrected chi connectivity index (χ1v) is 13.9. The van der Waals surface area contributed by atoms with Gasteiger partial charge in [-0.1, -0.05) is 20.8 Å². The van der Waals surface area contributed by atoms with Crippen LogP contribution in [0.5, 0.6) is 11.5 Å². The highest BCUT2D eigenvalue weighted by Crippen LogP contribution is 2.48. The third-order valence-corrected chi connectivity index (χ3v) is 8.79. The lowest BCUT2D eigenvalue weighted by atomic mass is 9.68. The Balaban J connectivity index is 1.62. The van der Waals surface area contributed by atoms with E-state index in [-0.39, 0.29) is 23.1 Å². The van der Waals surface area contributed by atoms with Gasteiger partial charge in [0.1, 0.15) is 11.5 Å². The highest BCUT2D eigenvalue weighted by Gasteiger charge is 2.47. The zero-order chi connectivity index (χ0) is 29.7. The van der Waals surface area contributed by atoms with Crippen LogP contribution in [0.4, 0.5) is 19.3 Å². The molecule has 8 nitrogen and oxygen atoms in total. The van der Waals surface area contributed by atoms with Crippen LogP contribution in [0, 0.1) is 17.0 Å². The molecule has 0 saturated carbocycles. The van der Waals surface area contributed by atoms with Crippen molar-refractivity contribution in [1.29, 1.82) is 0 Å². The minimum absolute atomic E-state index is 0.00743. The Hall–Kier alpha value is -3.95. The third-order valence-electron chi connectivity index (χ3n) is 8.79. The van der Waals surface area contributed by atoms with Crippen molar-refractivity contribution in [3.05, 3.63) is 59.9 Å². The van der Waals surface area contributed by atoms with Crippen molar-refractivity contribution in [2.75, 3.05) is 18.0 Å². The fourth-order valence-electron chi connectivity index (χ4n) is 6.37. The molecular formula is C31H36F2N4O4. The second kappa shape index (κ2) is 10.5. The van der Waals surface area contributed by atoms with Crippen LogP contribution < -0.4 is 9.64 Å². The van der Waals surface area contributed by atoms with Crippen LogP contribution >= 0.6 is 0 Å². The molecule has 1 N–H and O–H groups in total. The molecule has 1 saturated heterocycles. The van der Waals surface area contributed by atoms with Gasteiger partial charge in [-0.05, 0) is 62.3 Å². The van der Waals surface area contributed by atoms with E-state index in [1.165, 1.54) is 17.9 Å². The number of hydrogen-bond donors (Lipinski definition) is 1. The van der Waals surface area contributed by atoms with Gasteiger partial charge >= 0.3 is 6.09 Å². The van der Waals surface area contributed by atoms with Crippen LogP contribution in [0.3, 0.4) is 0 Å². The number of carbonyl (C=O) groups excluding carboxylic acids is 1. The van der Waals surface area contributed by atoms with Crippen molar-refractivity contribution in [2.45, 2.75) is 71.9 Å². The Morgan fingerprint density at radius 1 is 1.10 bits per heavy atom. The normalized spacial score (nSPS) is 18.7. The van der Waals surface area contributed by atoms with E-state index in [1.54, 1.807) is 11.1 Å². The predicted molar refractivity (Wildman–Crippen MR) is 151 cm³/mol. The molecule has 218 valence electrons. The Morgan fingerprint density at radius 2 is 1.80 bits per heavy atom. The monoisotopic (exact) mass is 566 g/mol. The number of rotatable bonds is 4. The van der Waals surface area contributed by atoms with E-state index in [4.69, 9.17) is 9.84 Å². The quantitative estimate of drug-likeness (QED) is 0.374. The standard InChI is InChI=1S/C31H36F2N4O4/c1-19-6-8-24-27(37(19)20(2)38)11-9-23(28(24)41-22-7-10-25(32)26(33)16-22)21-17-34-36(18-21)31(30(3,4)5)12-14-35(15-13-31)29(39)40/h7,9-11,16-19H,6,8,12-15H2,1-5H3,(H,39,40)/t19-/m0/s1. The Labute approximate surface area is 238 Å². The van der Waals surface area contributed by atoms with E-state index < -0.39 is 23.3 Å². The second-order valence-electron chi connectivity index (χ2n) is 12.1. The van der Waals surface area contributed by atoms with Gasteiger partial charge in [0.15, 0.2) is 11.6 Å². The zero-order valence-corrected chi connectivity index (χ0v) is 24.1. The average molecular weight is 567 g/mol. The van der Waals surface area contributed by atoms with E-state index in [0.29, 0.717) is 43.7 Å². The Bertz CT molecular complexity index is 1490. The summed E-state index contributed by atoms with van der Waals surface area (Å²) in [5.74, 6) is -1.45. The molecule has 2 aliphatic rings. The summed E-state index contributed by atoms with van der Waals surface area (Å²) in [6.07, 6.45) is 5.36. The van der Waals surface area contributed by atoms with Gasteiger partial charge in [-0.15, -0.1) is 0 Å².